The molecule has 0 radical (unpaired) electrons. The molecule has 2 aromatic heterocycles. The summed E-state index contributed by atoms with van der Waals surface area (Å²) in [6.45, 7) is 0. The first-order chi connectivity index (χ1) is 49.6. The molecule has 0 unspecified atom stereocenters. The summed E-state index contributed by atoms with van der Waals surface area (Å²) in [7, 11) is 0. The van der Waals surface area contributed by atoms with Gasteiger partial charge in [0.25, 0.3) is 0 Å². The van der Waals surface area contributed by atoms with Crippen LogP contribution in [0.5, 0.6) is 0 Å². The first-order valence-electron chi connectivity index (χ1n) is 34.5. The molecule has 0 saturated carbocycles. The Balaban J connectivity index is 0.765. The Morgan fingerprint density at radius 1 is 0.210 bits per heavy atom. The number of para-hydroxylation sites is 2. The first-order valence-corrected chi connectivity index (χ1v) is 36.1. The van der Waals surface area contributed by atoms with E-state index in [9.17, 15) is 0 Å². The van der Waals surface area contributed by atoms with E-state index in [4.69, 9.17) is 0 Å². The number of fused-ring (bicyclic) bond motifs is 13. The standard InChI is InChI=1S/C96H62N2S2/c1-7-29-63(30-8-1)91-83-62-90-81(79-55-53-73(59-88(79)99-90)97(69-39-15-5-16-40-69)71-43-27-37-67(57-71)95(65-33-11-3-12-34-65)84-49-23-19-45-75(84)76-46-20-24-50-85(76)95)61-82(83)92(64-31-9-2-10-32-64)94-93(91)80-56-54-74(60-89(80)100-94)98(70-41-17-6-18-42-70)72-44-28-38-68(58-72)96(66-35-13-4-14-36-66)86-51-25-21-47-77(86)78-48-22-26-52-87(78)96/h1-62H. The van der Waals surface area contributed by atoms with Gasteiger partial charge in [0, 0.05) is 80.0 Å². The maximum Gasteiger partial charge on any atom is 0.0714 e. The molecule has 2 aliphatic carbocycles. The quantitative estimate of drug-likeness (QED) is 0.120. The molecule has 2 heterocycles. The molecular weight excluding hydrogens is 1250 g/mol. The van der Waals surface area contributed by atoms with Crippen molar-refractivity contribution >= 4 is 108 Å². The number of thiophene rings is 2. The Labute approximate surface area is 589 Å². The molecule has 0 bridgehead atoms. The largest absolute Gasteiger partial charge is 0.310 e. The van der Waals surface area contributed by atoms with Crippen molar-refractivity contribution in [1.82, 2.24) is 0 Å². The molecule has 0 atom stereocenters. The van der Waals surface area contributed by atoms with E-state index in [1.165, 1.54) is 140 Å². The van der Waals surface area contributed by atoms with Gasteiger partial charge in [0.2, 0.25) is 0 Å². The van der Waals surface area contributed by atoms with Gasteiger partial charge in [-0.15, -0.1) is 22.7 Å². The third-order valence-electron chi connectivity index (χ3n) is 21.3. The second-order valence-corrected chi connectivity index (χ2v) is 28.6. The molecule has 4 heteroatoms. The summed E-state index contributed by atoms with van der Waals surface area (Å²) in [6.07, 6.45) is 0. The van der Waals surface area contributed by atoms with Gasteiger partial charge >= 0.3 is 0 Å². The van der Waals surface area contributed by atoms with Crippen LogP contribution in [0.2, 0.25) is 0 Å². The van der Waals surface area contributed by atoms with Crippen LogP contribution in [0.15, 0.2) is 376 Å². The summed E-state index contributed by atoms with van der Waals surface area (Å²) in [4.78, 5) is 4.91. The van der Waals surface area contributed by atoms with E-state index >= 15 is 0 Å². The number of rotatable bonds is 12. The maximum absolute atomic E-state index is 2.53. The molecule has 0 amide bonds. The lowest BCUT2D eigenvalue weighted by atomic mass is 9.67. The highest BCUT2D eigenvalue weighted by atomic mass is 32.1. The van der Waals surface area contributed by atoms with Crippen LogP contribution in [-0.2, 0) is 10.8 Å². The molecule has 18 aromatic rings. The average Bonchev–Trinajstić information content (AvgIpc) is 1.53. The summed E-state index contributed by atoms with van der Waals surface area (Å²) >= 11 is 3.81. The van der Waals surface area contributed by atoms with E-state index in [-0.39, 0.29) is 0 Å². The minimum absolute atomic E-state index is 0.534. The third-order valence-corrected chi connectivity index (χ3v) is 23.6. The third kappa shape index (κ3) is 8.74. The smallest absolute Gasteiger partial charge is 0.0714 e. The summed E-state index contributed by atoms with van der Waals surface area (Å²) < 4.78 is 5.01. The Morgan fingerprint density at radius 2 is 0.550 bits per heavy atom. The van der Waals surface area contributed by atoms with Gasteiger partial charge in [0.1, 0.15) is 0 Å². The first kappa shape index (κ1) is 58.0. The Kier molecular flexibility index (Phi) is 13.5. The Morgan fingerprint density at radius 3 is 1.01 bits per heavy atom. The molecule has 20 rings (SSSR count). The zero-order chi connectivity index (χ0) is 65.9. The number of nitrogens with zero attached hydrogens (tertiary/aromatic N) is 2. The molecule has 2 nitrogen and oxygen atoms in total. The highest BCUT2D eigenvalue weighted by molar-refractivity contribution is 7.27. The minimum Gasteiger partial charge on any atom is -0.310 e. The molecule has 0 N–H and O–H groups in total. The zero-order valence-electron chi connectivity index (χ0n) is 54.5. The molecule has 0 fully saturated rings. The van der Waals surface area contributed by atoms with Gasteiger partial charge in [-0.2, -0.15) is 0 Å². The highest BCUT2D eigenvalue weighted by Gasteiger charge is 2.48. The van der Waals surface area contributed by atoms with Gasteiger partial charge in [-0.1, -0.05) is 291 Å². The van der Waals surface area contributed by atoms with Gasteiger partial charge in [0.15, 0.2) is 0 Å². The molecular formula is C96H62N2S2. The van der Waals surface area contributed by atoms with Crippen LogP contribution < -0.4 is 9.80 Å². The molecule has 100 heavy (non-hydrogen) atoms. The van der Waals surface area contributed by atoms with Crippen molar-refractivity contribution < 1.29 is 0 Å². The van der Waals surface area contributed by atoms with E-state index in [1.807, 2.05) is 22.7 Å². The molecule has 16 aromatic carbocycles. The predicted octanol–water partition coefficient (Wildman–Crippen LogP) is 26.6. The second kappa shape index (κ2) is 23.3. The molecule has 0 saturated heterocycles. The number of hydrogen-bond acceptors (Lipinski definition) is 4. The lowest BCUT2D eigenvalue weighted by molar-refractivity contribution is 0.768. The zero-order valence-corrected chi connectivity index (χ0v) is 56.1. The molecule has 0 spiro atoms. The van der Waals surface area contributed by atoms with Crippen molar-refractivity contribution in [2.24, 2.45) is 0 Å². The molecule has 468 valence electrons. The van der Waals surface area contributed by atoms with Crippen molar-refractivity contribution in [3.63, 3.8) is 0 Å². The van der Waals surface area contributed by atoms with Crippen molar-refractivity contribution in [1.29, 1.82) is 0 Å². The van der Waals surface area contributed by atoms with E-state index in [1.54, 1.807) is 0 Å². The van der Waals surface area contributed by atoms with E-state index in [2.05, 4.69) is 386 Å². The van der Waals surface area contributed by atoms with Gasteiger partial charge in [-0.05, 0) is 179 Å². The molecule has 2 aliphatic rings. The van der Waals surface area contributed by atoms with Crippen LogP contribution in [0.4, 0.5) is 34.1 Å². The van der Waals surface area contributed by atoms with Gasteiger partial charge in [0.05, 0.1) is 10.8 Å². The van der Waals surface area contributed by atoms with Crippen molar-refractivity contribution in [3.05, 3.63) is 421 Å². The fraction of sp³-hybridized carbons (Fsp3) is 0.0208. The molecule has 0 aliphatic heterocycles. The number of anilines is 6. The maximum atomic E-state index is 2.53. The summed E-state index contributed by atoms with van der Waals surface area (Å²) in [5, 5.41) is 7.52. The number of hydrogen-bond donors (Lipinski definition) is 0. The second-order valence-electron chi connectivity index (χ2n) is 26.5. The fourth-order valence-electron chi connectivity index (χ4n) is 17.3. The van der Waals surface area contributed by atoms with E-state index in [0.29, 0.717) is 0 Å². The highest BCUT2D eigenvalue weighted by Crippen LogP contribution is 2.60. The topological polar surface area (TPSA) is 6.48 Å². The van der Waals surface area contributed by atoms with Crippen molar-refractivity contribution in [2.45, 2.75) is 10.8 Å². The van der Waals surface area contributed by atoms with Gasteiger partial charge in [-0.3, -0.25) is 0 Å². The summed E-state index contributed by atoms with van der Waals surface area (Å²) in [6, 6.07) is 141. The normalized spacial score (nSPS) is 13.2. The SMILES string of the molecule is c1ccc(-c2c3cc4c(cc3c(-c3ccccc3)c3c2sc2cc(N(c5ccccc5)c5cccc(C6(c7ccccc7)c7ccccc7-c7ccccc76)c5)ccc23)sc2cc(N(c3ccccc3)c3cccc(C5(c6ccccc6)c6ccccc6-c6ccccc65)c3)ccc24)cc1. The van der Waals surface area contributed by atoms with Crippen molar-refractivity contribution in [2.75, 3.05) is 9.80 Å². The van der Waals surface area contributed by atoms with Crippen LogP contribution >= 0.6 is 22.7 Å². The van der Waals surface area contributed by atoms with E-state index in [0.717, 1.165) is 34.1 Å². The summed E-state index contributed by atoms with van der Waals surface area (Å²) in [5.74, 6) is 0. The average molecular weight is 1310 g/mol. The van der Waals surface area contributed by atoms with Crippen LogP contribution in [0.1, 0.15) is 44.5 Å². The van der Waals surface area contributed by atoms with Crippen LogP contribution in [0.3, 0.4) is 0 Å². The van der Waals surface area contributed by atoms with Crippen molar-refractivity contribution in [3.8, 4) is 44.5 Å². The predicted molar refractivity (Wildman–Crippen MR) is 425 cm³/mol. The van der Waals surface area contributed by atoms with Crippen LogP contribution in [-0.4, -0.2) is 0 Å². The van der Waals surface area contributed by atoms with Gasteiger partial charge < -0.3 is 9.80 Å². The lowest BCUT2D eigenvalue weighted by Gasteiger charge is -2.35. The summed E-state index contributed by atoms with van der Waals surface area (Å²) in [5.41, 5.74) is 25.7. The minimum atomic E-state index is -0.544. The lowest BCUT2D eigenvalue weighted by Crippen LogP contribution is -2.28. The van der Waals surface area contributed by atoms with E-state index < -0.39 is 10.8 Å². The van der Waals surface area contributed by atoms with Crippen LogP contribution in [0.25, 0.3) is 95.6 Å². The monoisotopic (exact) mass is 1310 g/mol. The van der Waals surface area contributed by atoms with Crippen LogP contribution in [0, 0.1) is 0 Å². The van der Waals surface area contributed by atoms with Gasteiger partial charge in [-0.25, -0.2) is 0 Å². The Hall–Kier alpha value is -12.2. The Bertz CT molecular complexity index is 6130. The number of benzene rings is 16. The fourth-order valence-corrected chi connectivity index (χ4v) is 19.8.